The lowest BCUT2D eigenvalue weighted by Crippen LogP contribution is -2.37. The Bertz CT molecular complexity index is 1910. The fraction of sp³-hybridized carbons (Fsp3) is 0.303. The maximum atomic E-state index is 13.5. The first-order valence-electron chi connectivity index (χ1n) is 14.6. The molecule has 2 aromatic carbocycles. The molecule has 0 aliphatic heterocycles. The number of phenols is 1. The minimum Gasteiger partial charge on any atom is -0.507 e. The topological polar surface area (TPSA) is 247 Å². The molecule has 0 aromatic heterocycles. The van der Waals surface area contributed by atoms with E-state index in [4.69, 9.17) is 0 Å². The summed E-state index contributed by atoms with van der Waals surface area (Å²) in [4.78, 5) is 61.2. The summed E-state index contributed by atoms with van der Waals surface area (Å²) in [6.45, 7) is 2.52. The van der Waals surface area contributed by atoms with Gasteiger partial charge in [0.05, 0.1) is 26.2 Å². The van der Waals surface area contributed by atoms with Crippen LogP contribution < -0.4 is 0 Å². The van der Waals surface area contributed by atoms with Crippen molar-refractivity contribution in [3.8, 4) is 5.75 Å². The molecule has 49 heavy (non-hydrogen) atoms. The van der Waals surface area contributed by atoms with Gasteiger partial charge in [-0.05, 0) is 84.9 Å². The minimum absolute atomic E-state index is 0.0294. The van der Waals surface area contributed by atoms with Crippen LogP contribution in [-0.2, 0) is 40.6 Å². The third kappa shape index (κ3) is 9.26. The van der Waals surface area contributed by atoms with Gasteiger partial charge in [-0.3, -0.25) is 38.3 Å². The summed E-state index contributed by atoms with van der Waals surface area (Å²) in [5.41, 5.74) is 1.70. The molecule has 2 aromatic rings. The SMILES string of the molecule is CC1=C/C(=C(/c2ccccc2S(=O)(=O)O)c2cc(C)c(O)c(CN(CC(=O)O)CC(=O)O)c2C)C(C)=C(CN(CC(=O)O)CC(=O)O)C1=O. The fourth-order valence-electron chi connectivity index (χ4n) is 5.72. The Morgan fingerprint density at radius 3 is 1.73 bits per heavy atom. The van der Waals surface area contributed by atoms with Crippen LogP contribution in [-0.4, -0.2) is 111 Å². The van der Waals surface area contributed by atoms with Gasteiger partial charge in [-0.2, -0.15) is 8.42 Å². The summed E-state index contributed by atoms with van der Waals surface area (Å²) >= 11 is 0. The van der Waals surface area contributed by atoms with E-state index in [1.165, 1.54) is 51.1 Å². The molecule has 1 aliphatic carbocycles. The van der Waals surface area contributed by atoms with Crippen molar-refractivity contribution in [1.82, 2.24) is 9.80 Å². The highest BCUT2D eigenvalue weighted by atomic mass is 32.2. The van der Waals surface area contributed by atoms with Gasteiger partial charge in [0.2, 0.25) is 0 Å². The largest absolute Gasteiger partial charge is 0.507 e. The summed E-state index contributed by atoms with van der Waals surface area (Å²) in [5, 5.41) is 48.7. The van der Waals surface area contributed by atoms with Gasteiger partial charge >= 0.3 is 23.9 Å². The van der Waals surface area contributed by atoms with E-state index in [2.05, 4.69) is 0 Å². The summed E-state index contributed by atoms with van der Waals surface area (Å²) in [5.74, 6) is -6.10. The summed E-state index contributed by atoms with van der Waals surface area (Å²) in [7, 11) is -4.88. The van der Waals surface area contributed by atoms with Gasteiger partial charge in [-0.25, -0.2) is 0 Å². The molecule has 6 N–H and O–H groups in total. The third-order valence-electron chi connectivity index (χ3n) is 7.90. The quantitative estimate of drug-likeness (QED) is 0.146. The van der Waals surface area contributed by atoms with Crippen molar-refractivity contribution in [3.05, 3.63) is 86.5 Å². The van der Waals surface area contributed by atoms with E-state index in [-0.39, 0.29) is 68.0 Å². The number of carbonyl (C=O) groups is 5. The molecule has 262 valence electrons. The van der Waals surface area contributed by atoms with Crippen molar-refractivity contribution in [2.45, 2.75) is 39.1 Å². The number of carboxylic acids is 4. The smallest absolute Gasteiger partial charge is 0.317 e. The Kier molecular flexibility index (Phi) is 12.0. The molecular weight excluding hydrogens is 664 g/mol. The van der Waals surface area contributed by atoms with Crippen LogP contribution >= 0.6 is 0 Å². The van der Waals surface area contributed by atoms with Crippen molar-refractivity contribution < 1.29 is 62.5 Å². The predicted octanol–water partition coefficient (Wildman–Crippen LogP) is 2.35. The number of rotatable bonds is 15. The highest BCUT2D eigenvalue weighted by Crippen LogP contribution is 2.42. The second-order valence-electron chi connectivity index (χ2n) is 11.6. The lowest BCUT2D eigenvalue weighted by Gasteiger charge is -2.28. The number of carboxylic acid groups (broad SMARTS) is 4. The average Bonchev–Trinajstić information content (AvgIpc) is 2.97. The number of nitrogens with zero attached hydrogens (tertiary/aromatic N) is 2. The zero-order valence-corrected chi connectivity index (χ0v) is 27.9. The number of Topliss-reactive ketones (excluding diaryl/α,β-unsaturated/α-hetero) is 1. The number of ketones is 1. The number of aromatic hydroxyl groups is 1. The summed E-state index contributed by atoms with van der Waals surface area (Å²) in [6, 6.07) is 6.95. The standard InChI is InChI=1S/C33H36N2O13S/c1-17-9-22(19(3)24(32(17)44)11-34(13-27(36)37)14-28(38)39)31(21-7-5-6-8-26(21)49(46,47)48)23-10-18(2)33(45)25(20(23)4)12-35(15-29(40)41)16-30(42)43/h5-10,44H,11-16H2,1-4H3,(H,36,37)(H,38,39)(H,40,41)(H,42,43)(H,46,47,48)/b31-23+. The van der Waals surface area contributed by atoms with Crippen LogP contribution in [0, 0.1) is 13.8 Å². The maximum absolute atomic E-state index is 13.5. The fourth-order valence-corrected chi connectivity index (χ4v) is 6.42. The lowest BCUT2D eigenvalue weighted by molar-refractivity contribution is -0.143. The van der Waals surface area contributed by atoms with Crippen molar-refractivity contribution in [2.24, 2.45) is 0 Å². The van der Waals surface area contributed by atoms with Crippen LogP contribution in [0.4, 0.5) is 0 Å². The average molecular weight is 701 g/mol. The Labute approximate surface area is 281 Å². The Morgan fingerprint density at radius 2 is 1.24 bits per heavy atom. The predicted molar refractivity (Wildman–Crippen MR) is 174 cm³/mol. The number of hydrogen-bond donors (Lipinski definition) is 6. The van der Waals surface area contributed by atoms with E-state index in [1.807, 2.05) is 0 Å². The Hall–Kier alpha value is -5.16. The van der Waals surface area contributed by atoms with E-state index in [1.54, 1.807) is 6.92 Å². The monoisotopic (exact) mass is 700 g/mol. The lowest BCUT2D eigenvalue weighted by atomic mass is 9.80. The van der Waals surface area contributed by atoms with E-state index < -0.39 is 77.4 Å². The Balaban J connectivity index is 2.50. The molecule has 15 nitrogen and oxygen atoms in total. The third-order valence-corrected chi connectivity index (χ3v) is 8.81. The molecular formula is C33H36N2O13S. The molecule has 0 amide bonds. The number of aryl methyl sites for hydroxylation is 1. The van der Waals surface area contributed by atoms with Gasteiger partial charge in [0.15, 0.2) is 5.78 Å². The first kappa shape index (κ1) is 38.3. The number of hydrogen-bond acceptors (Lipinski definition) is 10. The van der Waals surface area contributed by atoms with Crippen molar-refractivity contribution >= 4 is 45.4 Å². The van der Waals surface area contributed by atoms with Crippen LogP contribution in [0.15, 0.2) is 63.6 Å². The van der Waals surface area contributed by atoms with Crippen LogP contribution in [0.1, 0.15) is 41.7 Å². The molecule has 0 heterocycles. The first-order chi connectivity index (χ1) is 22.7. The molecule has 0 radical (unpaired) electrons. The number of carbonyl (C=O) groups excluding carboxylic acids is 1. The summed E-state index contributed by atoms with van der Waals surface area (Å²) < 4.78 is 35.6. The van der Waals surface area contributed by atoms with E-state index in [9.17, 15) is 62.5 Å². The van der Waals surface area contributed by atoms with Crippen molar-refractivity contribution in [2.75, 3.05) is 32.7 Å². The van der Waals surface area contributed by atoms with Gasteiger partial charge in [0.1, 0.15) is 10.6 Å². The molecule has 0 saturated carbocycles. The van der Waals surface area contributed by atoms with Gasteiger partial charge in [-0.1, -0.05) is 18.2 Å². The maximum Gasteiger partial charge on any atom is 0.317 e. The minimum atomic E-state index is -4.88. The molecule has 0 bridgehead atoms. The number of phenolic OH excluding ortho intramolecular Hbond substituents is 1. The molecule has 0 spiro atoms. The number of allylic oxidation sites excluding steroid dienone is 4. The second-order valence-corrected chi connectivity index (χ2v) is 13.0. The number of benzene rings is 2. The van der Waals surface area contributed by atoms with Crippen LogP contribution in [0.2, 0.25) is 0 Å². The highest BCUT2D eigenvalue weighted by Gasteiger charge is 2.31. The van der Waals surface area contributed by atoms with Crippen molar-refractivity contribution in [3.63, 3.8) is 0 Å². The van der Waals surface area contributed by atoms with Gasteiger partial charge in [0.25, 0.3) is 10.1 Å². The molecule has 0 atom stereocenters. The van der Waals surface area contributed by atoms with Crippen molar-refractivity contribution in [1.29, 1.82) is 0 Å². The zero-order valence-electron chi connectivity index (χ0n) is 27.1. The van der Waals surface area contributed by atoms with Gasteiger partial charge in [-0.15, -0.1) is 0 Å². The number of aliphatic carboxylic acids is 4. The molecule has 3 rings (SSSR count). The van der Waals surface area contributed by atoms with Crippen LogP contribution in [0.3, 0.4) is 0 Å². The van der Waals surface area contributed by atoms with E-state index >= 15 is 0 Å². The van der Waals surface area contributed by atoms with Crippen LogP contribution in [0.25, 0.3) is 5.57 Å². The van der Waals surface area contributed by atoms with Gasteiger partial charge in [0, 0.05) is 29.8 Å². The molecule has 0 fully saturated rings. The van der Waals surface area contributed by atoms with Gasteiger partial charge < -0.3 is 25.5 Å². The molecule has 16 heteroatoms. The molecule has 0 unspecified atom stereocenters. The second kappa shape index (κ2) is 15.4. The summed E-state index contributed by atoms with van der Waals surface area (Å²) in [6.07, 6.45) is 1.47. The molecule has 1 aliphatic rings. The zero-order chi connectivity index (χ0) is 37.0. The van der Waals surface area contributed by atoms with Crippen LogP contribution in [0.5, 0.6) is 5.75 Å². The first-order valence-corrected chi connectivity index (χ1v) is 16.0. The molecule has 0 saturated heterocycles. The highest BCUT2D eigenvalue weighted by molar-refractivity contribution is 7.86. The normalized spacial score (nSPS) is 14.7. The Morgan fingerprint density at radius 1 is 0.755 bits per heavy atom. The van der Waals surface area contributed by atoms with E-state index in [0.29, 0.717) is 0 Å². The van der Waals surface area contributed by atoms with E-state index in [0.717, 1.165) is 15.9 Å².